The molecule has 0 unspecified atom stereocenters. The molecule has 0 radical (unpaired) electrons. The van der Waals surface area contributed by atoms with Gasteiger partial charge in [-0.15, -0.1) is 0 Å². The first kappa shape index (κ1) is 20.8. The number of amides is 1. The van der Waals surface area contributed by atoms with Gasteiger partial charge < -0.3 is 9.64 Å². The molecule has 1 aliphatic heterocycles. The largest absolute Gasteiger partial charge is 0.437 e. The second kappa shape index (κ2) is 9.20. The smallest absolute Gasteiger partial charge is 0.255 e. The van der Waals surface area contributed by atoms with Gasteiger partial charge in [0.2, 0.25) is 5.88 Å². The lowest BCUT2D eigenvalue weighted by Gasteiger charge is -2.32. The second-order valence-electron chi connectivity index (χ2n) is 8.10. The minimum atomic E-state index is -0.0283. The van der Waals surface area contributed by atoms with Gasteiger partial charge in [-0.2, -0.15) is 5.10 Å². The first-order valence-electron chi connectivity index (χ1n) is 11.0. The van der Waals surface area contributed by atoms with Crippen molar-refractivity contribution in [2.24, 2.45) is 0 Å². The van der Waals surface area contributed by atoms with E-state index in [1.165, 1.54) is 0 Å². The molecule has 0 aliphatic carbocycles. The van der Waals surface area contributed by atoms with E-state index in [4.69, 9.17) is 9.72 Å². The van der Waals surface area contributed by atoms with Gasteiger partial charge in [-0.1, -0.05) is 18.2 Å². The van der Waals surface area contributed by atoms with Crippen LogP contribution in [0.1, 0.15) is 40.4 Å². The maximum atomic E-state index is 13.1. The summed E-state index contributed by atoms with van der Waals surface area (Å²) >= 11 is 0. The van der Waals surface area contributed by atoms with Crippen LogP contribution in [0, 0.1) is 6.92 Å². The Morgan fingerprint density at radius 2 is 2.00 bits per heavy atom. The molecule has 1 atom stereocenters. The molecule has 8 nitrogen and oxygen atoms in total. The van der Waals surface area contributed by atoms with Gasteiger partial charge in [-0.05, 0) is 49.6 Å². The molecular formula is C25H24N6O2. The number of pyridine rings is 1. The number of nitrogens with zero attached hydrogens (tertiary/aromatic N) is 6. The summed E-state index contributed by atoms with van der Waals surface area (Å²) in [4.78, 5) is 28.4. The van der Waals surface area contributed by atoms with Crippen LogP contribution in [0.15, 0.2) is 73.4 Å². The van der Waals surface area contributed by atoms with E-state index in [1.54, 1.807) is 41.6 Å². The number of hydrogen-bond acceptors (Lipinski definition) is 6. The Kier molecular flexibility index (Phi) is 5.80. The molecule has 4 aromatic rings. The van der Waals surface area contributed by atoms with Crippen molar-refractivity contribution in [1.82, 2.24) is 29.6 Å². The molecule has 0 N–H and O–H groups in total. The standard InChI is InChI=1S/C25H24N6O2/c1-18-6-2-3-8-22(18)33-24-16-26-15-21(29-24)20-7-4-12-30(17-20)25(32)19-9-10-23(27-14-19)31-13-5-11-28-31/h2-3,5-6,8-11,13-16,20H,4,7,12,17H2,1H3/t20-/m1/s1. The quantitative estimate of drug-likeness (QED) is 0.463. The van der Waals surface area contributed by atoms with E-state index < -0.39 is 0 Å². The predicted molar refractivity (Wildman–Crippen MR) is 123 cm³/mol. The first-order valence-corrected chi connectivity index (χ1v) is 11.0. The zero-order chi connectivity index (χ0) is 22.6. The van der Waals surface area contributed by atoms with Crippen LogP contribution in [0.25, 0.3) is 5.82 Å². The van der Waals surface area contributed by atoms with Gasteiger partial charge in [0.1, 0.15) is 5.75 Å². The lowest BCUT2D eigenvalue weighted by atomic mass is 9.94. The SMILES string of the molecule is Cc1ccccc1Oc1cncc([C@@H]2CCCN(C(=O)c3ccc(-n4cccn4)nc3)C2)n1. The minimum absolute atomic E-state index is 0.0283. The van der Waals surface area contributed by atoms with Gasteiger partial charge in [0.05, 0.1) is 17.5 Å². The molecule has 33 heavy (non-hydrogen) atoms. The first-order chi connectivity index (χ1) is 16.2. The van der Waals surface area contributed by atoms with E-state index in [9.17, 15) is 4.79 Å². The highest BCUT2D eigenvalue weighted by Gasteiger charge is 2.27. The van der Waals surface area contributed by atoms with Crippen molar-refractivity contribution in [3.63, 3.8) is 0 Å². The van der Waals surface area contributed by atoms with Crippen LogP contribution < -0.4 is 4.74 Å². The molecule has 1 amide bonds. The number of carbonyl (C=O) groups is 1. The number of benzene rings is 1. The Morgan fingerprint density at radius 1 is 1.09 bits per heavy atom. The van der Waals surface area contributed by atoms with E-state index in [1.807, 2.05) is 48.4 Å². The molecular weight excluding hydrogens is 416 g/mol. The third-order valence-electron chi connectivity index (χ3n) is 5.80. The van der Waals surface area contributed by atoms with Crippen LogP contribution in [0.3, 0.4) is 0 Å². The van der Waals surface area contributed by atoms with Gasteiger partial charge in [0.25, 0.3) is 5.91 Å². The number of carbonyl (C=O) groups excluding carboxylic acids is 1. The zero-order valence-electron chi connectivity index (χ0n) is 18.3. The average molecular weight is 441 g/mol. The second-order valence-corrected chi connectivity index (χ2v) is 8.10. The fraction of sp³-hybridized carbons (Fsp3) is 0.240. The topological polar surface area (TPSA) is 86.0 Å². The summed E-state index contributed by atoms with van der Waals surface area (Å²) in [5.74, 6) is 1.97. The maximum absolute atomic E-state index is 13.1. The van der Waals surface area contributed by atoms with Gasteiger partial charge in [0.15, 0.2) is 5.82 Å². The van der Waals surface area contributed by atoms with Crippen molar-refractivity contribution in [2.75, 3.05) is 13.1 Å². The number of aryl methyl sites for hydroxylation is 1. The van der Waals surface area contributed by atoms with Crippen LogP contribution in [0.5, 0.6) is 11.6 Å². The molecule has 1 aromatic carbocycles. The molecule has 0 saturated carbocycles. The Labute approximate surface area is 191 Å². The third kappa shape index (κ3) is 4.59. The number of likely N-dealkylation sites (tertiary alicyclic amines) is 1. The average Bonchev–Trinajstić information content (AvgIpc) is 3.41. The number of para-hydroxylation sites is 1. The predicted octanol–water partition coefficient (Wildman–Crippen LogP) is 4.18. The molecule has 3 aromatic heterocycles. The minimum Gasteiger partial charge on any atom is -0.437 e. The highest BCUT2D eigenvalue weighted by Crippen LogP contribution is 2.29. The van der Waals surface area contributed by atoms with Crippen LogP contribution in [-0.2, 0) is 0 Å². The lowest BCUT2D eigenvalue weighted by Crippen LogP contribution is -2.39. The van der Waals surface area contributed by atoms with Crippen LogP contribution >= 0.6 is 0 Å². The number of aromatic nitrogens is 5. The lowest BCUT2D eigenvalue weighted by molar-refractivity contribution is 0.0705. The third-order valence-corrected chi connectivity index (χ3v) is 5.80. The van der Waals surface area contributed by atoms with Crippen molar-refractivity contribution in [3.05, 3.63) is 90.3 Å². The van der Waals surface area contributed by atoms with E-state index in [-0.39, 0.29) is 11.8 Å². The van der Waals surface area contributed by atoms with Crippen LogP contribution in [-0.4, -0.2) is 48.6 Å². The van der Waals surface area contributed by atoms with Gasteiger partial charge in [-0.25, -0.2) is 14.6 Å². The summed E-state index contributed by atoms with van der Waals surface area (Å²) in [5.41, 5.74) is 2.44. The molecule has 0 spiro atoms. The van der Waals surface area contributed by atoms with Crippen molar-refractivity contribution in [2.45, 2.75) is 25.7 Å². The van der Waals surface area contributed by atoms with Gasteiger partial charge in [-0.3, -0.25) is 9.78 Å². The molecule has 8 heteroatoms. The fourth-order valence-corrected chi connectivity index (χ4v) is 4.03. The molecule has 4 heterocycles. The van der Waals surface area contributed by atoms with Gasteiger partial charge in [0, 0.05) is 43.8 Å². The van der Waals surface area contributed by atoms with Gasteiger partial charge >= 0.3 is 0 Å². The monoisotopic (exact) mass is 440 g/mol. The summed E-state index contributed by atoms with van der Waals surface area (Å²) < 4.78 is 7.62. The van der Waals surface area contributed by atoms with Crippen LogP contribution in [0.2, 0.25) is 0 Å². The van der Waals surface area contributed by atoms with Crippen molar-refractivity contribution in [1.29, 1.82) is 0 Å². The maximum Gasteiger partial charge on any atom is 0.255 e. The number of piperidine rings is 1. The van der Waals surface area contributed by atoms with E-state index in [2.05, 4.69) is 15.1 Å². The Balaban J connectivity index is 1.29. The fourth-order valence-electron chi connectivity index (χ4n) is 4.03. The number of rotatable bonds is 5. The normalized spacial score (nSPS) is 15.9. The van der Waals surface area contributed by atoms with Crippen molar-refractivity contribution in [3.8, 4) is 17.4 Å². The molecule has 1 saturated heterocycles. The summed E-state index contributed by atoms with van der Waals surface area (Å²) in [5, 5.41) is 4.17. The molecule has 166 valence electrons. The summed E-state index contributed by atoms with van der Waals surface area (Å²) in [6.07, 6.45) is 10.4. The Morgan fingerprint density at radius 3 is 2.79 bits per heavy atom. The molecule has 1 aliphatic rings. The molecule has 1 fully saturated rings. The van der Waals surface area contributed by atoms with Crippen molar-refractivity contribution >= 4 is 5.91 Å². The number of hydrogen-bond donors (Lipinski definition) is 0. The summed E-state index contributed by atoms with van der Waals surface area (Å²) in [6, 6.07) is 13.2. The summed E-state index contributed by atoms with van der Waals surface area (Å²) in [7, 11) is 0. The Hall–Kier alpha value is -4.07. The Bertz CT molecular complexity index is 1240. The highest BCUT2D eigenvalue weighted by atomic mass is 16.5. The zero-order valence-corrected chi connectivity index (χ0v) is 18.3. The summed E-state index contributed by atoms with van der Waals surface area (Å²) in [6.45, 7) is 3.29. The van der Waals surface area contributed by atoms with E-state index in [0.29, 0.717) is 30.4 Å². The van der Waals surface area contributed by atoms with E-state index in [0.717, 1.165) is 29.8 Å². The molecule has 0 bridgehead atoms. The number of ether oxygens (including phenoxy) is 1. The van der Waals surface area contributed by atoms with E-state index >= 15 is 0 Å². The highest BCUT2D eigenvalue weighted by molar-refractivity contribution is 5.94. The van der Waals surface area contributed by atoms with Crippen LogP contribution in [0.4, 0.5) is 0 Å². The molecule has 5 rings (SSSR count). The van der Waals surface area contributed by atoms with Crippen molar-refractivity contribution < 1.29 is 9.53 Å².